The van der Waals surface area contributed by atoms with Gasteiger partial charge in [0.1, 0.15) is 11.4 Å². The van der Waals surface area contributed by atoms with E-state index in [-0.39, 0.29) is 12.0 Å². The molecule has 5 heteroatoms. The highest BCUT2D eigenvalue weighted by molar-refractivity contribution is 5.92. The van der Waals surface area contributed by atoms with Crippen molar-refractivity contribution in [1.29, 1.82) is 0 Å². The van der Waals surface area contributed by atoms with E-state index in [4.69, 9.17) is 4.74 Å². The molecule has 0 radical (unpaired) electrons. The van der Waals surface area contributed by atoms with Crippen LogP contribution in [0.1, 0.15) is 41.7 Å². The van der Waals surface area contributed by atoms with E-state index in [0.29, 0.717) is 11.6 Å². The van der Waals surface area contributed by atoms with Gasteiger partial charge in [-0.25, -0.2) is 0 Å². The maximum absolute atomic E-state index is 12.4. The van der Waals surface area contributed by atoms with Crippen molar-refractivity contribution in [3.8, 4) is 5.75 Å². The summed E-state index contributed by atoms with van der Waals surface area (Å²) < 4.78 is 6.10. The molecular formula is C23H29N3O2. The molecule has 148 valence electrons. The molecule has 0 N–H and O–H groups in total. The number of amides is 1. The highest BCUT2D eigenvalue weighted by Crippen LogP contribution is 2.32. The Labute approximate surface area is 167 Å². The summed E-state index contributed by atoms with van der Waals surface area (Å²) in [6, 6.07) is 14.0. The fraction of sp³-hybridized carbons (Fsp3) is 0.478. The molecule has 2 aromatic rings. The zero-order valence-electron chi connectivity index (χ0n) is 16.6. The number of pyridine rings is 1. The molecule has 1 amide bonds. The predicted molar refractivity (Wildman–Crippen MR) is 109 cm³/mol. The molecular weight excluding hydrogens is 350 g/mol. The van der Waals surface area contributed by atoms with Gasteiger partial charge < -0.3 is 9.64 Å². The van der Waals surface area contributed by atoms with E-state index in [2.05, 4.69) is 34.1 Å². The minimum absolute atomic E-state index is 0.0152. The summed E-state index contributed by atoms with van der Waals surface area (Å²) in [5.74, 6) is 1.43. The van der Waals surface area contributed by atoms with Gasteiger partial charge in [-0.3, -0.25) is 14.7 Å². The van der Waals surface area contributed by atoms with Crippen LogP contribution in [0.2, 0.25) is 0 Å². The molecule has 2 heterocycles. The average Bonchev–Trinajstić information content (AvgIpc) is 3.20. The molecule has 28 heavy (non-hydrogen) atoms. The normalized spacial score (nSPS) is 21.9. The van der Waals surface area contributed by atoms with Gasteiger partial charge in [0, 0.05) is 26.3 Å². The molecule has 1 aromatic heterocycles. The van der Waals surface area contributed by atoms with Crippen molar-refractivity contribution in [2.45, 2.75) is 38.3 Å². The highest BCUT2D eigenvalue weighted by Gasteiger charge is 2.32. The van der Waals surface area contributed by atoms with Crippen LogP contribution in [0.25, 0.3) is 0 Å². The van der Waals surface area contributed by atoms with Crippen molar-refractivity contribution in [1.82, 2.24) is 14.8 Å². The van der Waals surface area contributed by atoms with Gasteiger partial charge in [-0.15, -0.1) is 0 Å². The third-order valence-corrected chi connectivity index (χ3v) is 5.79. The van der Waals surface area contributed by atoms with Crippen molar-refractivity contribution in [2.75, 3.05) is 26.7 Å². The molecule has 1 aliphatic carbocycles. The molecule has 4 rings (SSSR count). The Bertz CT molecular complexity index is 766. The number of nitrogens with zero attached hydrogens (tertiary/aromatic N) is 3. The molecule has 1 saturated heterocycles. The van der Waals surface area contributed by atoms with Gasteiger partial charge in [-0.1, -0.05) is 18.2 Å². The molecule has 1 saturated carbocycles. The maximum Gasteiger partial charge on any atom is 0.272 e. The number of rotatable bonds is 7. The lowest BCUT2D eigenvalue weighted by Gasteiger charge is -2.37. The Morgan fingerprint density at radius 1 is 1.14 bits per heavy atom. The molecule has 0 unspecified atom stereocenters. The largest absolute Gasteiger partial charge is 0.490 e. The van der Waals surface area contributed by atoms with Gasteiger partial charge in [0.15, 0.2) is 0 Å². The molecule has 2 aliphatic rings. The van der Waals surface area contributed by atoms with Crippen LogP contribution in [0.15, 0.2) is 48.7 Å². The van der Waals surface area contributed by atoms with Crippen LogP contribution in [0, 0.1) is 5.92 Å². The van der Waals surface area contributed by atoms with Crippen LogP contribution in [0.5, 0.6) is 5.75 Å². The average molecular weight is 380 g/mol. The Kier molecular flexibility index (Phi) is 5.91. The standard InChI is InChI=1S/C23H29N3O2/c1-25(23(27)22-6-2-3-11-24-22)16-19-14-21(15-19)28-20-9-7-18(8-10-20)17-26-12-4-5-13-26/h2-3,6-11,19,21H,4-5,12-17H2,1H3. The molecule has 2 fully saturated rings. The number of likely N-dealkylation sites (tertiary alicyclic amines) is 1. The summed E-state index contributed by atoms with van der Waals surface area (Å²) in [7, 11) is 1.85. The van der Waals surface area contributed by atoms with E-state index >= 15 is 0 Å². The molecule has 0 bridgehead atoms. The fourth-order valence-corrected chi connectivity index (χ4v) is 4.14. The summed E-state index contributed by atoms with van der Waals surface area (Å²) in [5.41, 5.74) is 1.86. The van der Waals surface area contributed by atoms with Gasteiger partial charge in [0.2, 0.25) is 0 Å². The number of aromatic nitrogens is 1. The third-order valence-electron chi connectivity index (χ3n) is 5.79. The lowest BCUT2D eigenvalue weighted by molar-refractivity contribution is 0.0417. The summed E-state index contributed by atoms with van der Waals surface area (Å²) >= 11 is 0. The van der Waals surface area contributed by atoms with Gasteiger partial charge in [-0.05, 0) is 74.5 Å². The molecule has 5 nitrogen and oxygen atoms in total. The topological polar surface area (TPSA) is 45.7 Å². The fourth-order valence-electron chi connectivity index (χ4n) is 4.14. The highest BCUT2D eigenvalue weighted by atomic mass is 16.5. The van der Waals surface area contributed by atoms with E-state index in [1.165, 1.54) is 31.5 Å². The second-order valence-corrected chi connectivity index (χ2v) is 8.11. The molecule has 1 aliphatic heterocycles. The summed E-state index contributed by atoms with van der Waals surface area (Å²) in [6.45, 7) is 4.24. The van der Waals surface area contributed by atoms with Crippen molar-refractivity contribution in [2.24, 2.45) is 5.92 Å². The lowest BCUT2D eigenvalue weighted by Crippen LogP contribution is -2.42. The second kappa shape index (κ2) is 8.74. The van der Waals surface area contributed by atoms with Crippen LogP contribution in [0.4, 0.5) is 0 Å². The first-order valence-electron chi connectivity index (χ1n) is 10.3. The first-order valence-corrected chi connectivity index (χ1v) is 10.3. The zero-order chi connectivity index (χ0) is 19.3. The minimum Gasteiger partial charge on any atom is -0.490 e. The monoisotopic (exact) mass is 379 g/mol. The first-order chi connectivity index (χ1) is 13.7. The van der Waals surface area contributed by atoms with Crippen LogP contribution < -0.4 is 4.74 Å². The third kappa shape index (κ3) is 4.71. The van der Waals surface area contributed by atoms with E-state index in [1.807, 2.05) is 19.2 Å². The number of benzene rings is 1. The number of carbonyl (C=O) groups is 1. The summed E-state index contributed by atoms with van der Waals surface area (Å²) in [5, 5.41) is 0. The number of hydrogen-bond acceptors (Lipinski definition) is 4. The predicted octanol–water partition coefficient (Wildman–Crippen LogP) is 3.61. The van der Waals surface area contributed by atoms with Crippen LogP contribution in [0.3, 0.4) is 0 Å². The van der Waals surface area contributed by atoms with Crippen LogP contribution >= 0.6 is 0 Å². The Hall–Kier alpha value is -2.40. The maximum atomic E-state index is 12.4. The smallest absolute Gasteiger partial charge is 0.272 e. The van der Waals surface area contributed by atoms with E-state index in [9.17, 15) is 4.79 Å². The summed E-state index contributed by atoms with van der Waals surface area (Å²) in [6.07, 6.45) is 6.56. The zero-order valence-corrected chi connectivity index (χ0v) is 16.6. The van der Waals surface area contributed by atoms with Crippen LogP contribution in [-0.2, 0) is 6.54 Å². The van der Waals surface area contributed by atoms with E-state index in [1.54, 1.807) is 17.2 Å². The quantitative estimate of drug-likeness (QED) is 0.737. The Morgan fingerprint density at radius 2 is 1.89 bits per heavy atom. The van der Waals surface area contributed by atoms with Crippen molar-refractivity contribution >= 4 is 5.91 Å². The molecule has 0 atom stereocenters. The van der Waals surface area contributed by atoms with Gasteiger partial charge in [-0.2, -0.15) is 0 Å². The Morgan fingerprint density at radius 3 is 2.57 bits per heavy atom. The number of ether oxygens (including phenoxy) is 1. The van der Waals surface area contributed by atoms with Crippen LogP contribution in [-0.4, -0.2) is 53.5 Å². The number of hydrogen-bond donors (Lipinski definition) is 0. The first kappa shape index (κ1) is 18.9. The van der Waals surface area contributed by atoms with Gasteiger partial charge >= 0.3 is 0 Å². The molecule has 0 spiro atoms. The lowest BCUT2D eigenvalue weighted by atomic mass is 9.82. The second-order valence-electron chi connectivity index (χ2n) is 8.11. The minimum atomic E-state index is -0.0152. The van der Waals surface area contributed by atoms with Gasteiger partial charge in [0.25, 0.3) is 5.91 Å². The SMILES string of the molecule is CN(CC1CC(Oc2ccc(CN3CCCC3)cc2)C1)C(=O)c1ccccn1. The number of carbonyl (C=O) groups excluding carboxylic acids is 1. The van der Waals surface area contributed by atoms with Crippen molar-refractivity contribution in [3.05, 3.63) is 59.9 Å². The van der Waals surface area contributed by atoms with Crippen molar-refractivity contribution < 1.29 is 9.53 Å². The Balaban J connectivity index is 1.19. The van der Waals surface area contributed by atoms with Gasteiger partial charge in [0.05, 0.1) is 6.10 Å². The van der Waals surface area contributed by atoms with E-state index in [0.717, 1.165) is 31.7 Å². The molecule has 1 aromatic carbocycles. The van der Waals surface area contributed by atoms with Crippen molar-refractivity contribution in [3.63, 3.8) is 0 Å². The van der Waals surface area contributed by atoms with E-state index < -0.39 is 0 Å². The summed E-state index contributed by atoms with van der Waals surface area (Å²) in [4.78, 5) is 20.8.